The van der Waals surface area contributed by atoms with Gasteiger partial charge in [-0.3, -0.25) is 9.10 Å². The highest BCUT2D eigenvalue weighted by molar-refractivity contribution is 7.92. The molecule has 2 rings (SSSR count). The third-order valence-electron chi connectivity index (χ3n) is 4.80. The Morgan fingerprint density at radius 3 is 2.53 bits per heavy atom. The van der Waals surface area contributed by atoms with Crippen molar-refractivity contribution in [3.05, 3.63) is 59.2 Å². The van der Waals surface area contributed by atoms with Crippen LogP contribution in [0.25, 0.3) is 0 Å². The fraction of sp³-hybridized carbons (Fsp3) is 0.435. The van der Waals surface area contributed by atoms with Crippen LogP contribution in [0.2, 0.25) is 0 Å². The molecule has 164 valence electrons. The number of nitrogens with zero attached hydrogens (tertiary/aromatic N) is 1. The number of para-hydroxylation sites is 1. The molecule has 2 aromatic rings. The summed E-state index contributed by atoms with van der Waals surface area (Å²) in [6.07, 6.45) is 2.64. The molecule has 0 aliphatic heterocycles. The van der Waals surface area contributed by atoms with Gasteiger partial charge in [0.25, 0.3) is 0 Å². The van der Waals surface area contributed by atoms with E-state index in [0.717, 1.165) is 34.5 Å². The first kappa shape index (κ1) is 23.7. The number of nitrogens with one attached hydrogen (secondary N) is 1. The van der Waals surface area contributed by atoms with Gasteiger partial charge in [-0.2, -0.15) is 0 Å². The Morgan fingerprint density at radius 2 is 1.87 bits per heavy atom. The van der Waals surface area contributed by atoms with Gasteiger partial charge in [0, 0.05) is 13.0 Å². The molecule has 0 unspecified atom stereocenters. The van der Waals surface area contributed by atoms with Gasteiger partial charge >= 0.3 is 0 Å². The molecular formula is C23H32N2O4S. The minimum Gasteiger partial charge on any atom is -0.492 e. The third-order valence-corrected chi connectivity index (χ3v) is 5.97. The van der Waals surface area contributed by atoms with Gasteiger partial charge in [-0.15, -0.1) is 0 Å². The summed E-state index contributed by atoms with van der Waals surface area (Å²) in [7, 11) is -3.44. The summed E-state index contributed by atoms with van der Waals surface area (Å²) in [6, 6.07) is 13.5. The number of sulfonamides is 1. The lowest BCUT2D eigenvalue weighted by Crippen LogP contribution is -2.34. The predicted molar refractivity (Wildman–Crippen MR) is 122 cm³/mol. The van der Waals surface area contributed by atoms with Crippen molar-refractivity contribution in [3.8, 4) is 5.75 Å². The molecule has 0 aromatic heterocycles. The van der Waals surface area contributed by atoms with E-state index in [4.69, 9.17) is 4.74 Å². The predicted octanol–water partition coefficient (Wildman–Crippen LogP) is 3.61. The molecule has 2 aromatic carbocycles. The van der Waals surface area contributed by atoms with E-state index in [1.807, 2.05) is 63.2 Å². The summed E-state index contributed by atoms with van der Waals surface area (Å²) >= 11 is 0. The minimum atomic E-state index is -3.44. The van der Waals surface area contributed by atoms with Crippen molar-refractivity contribution in [2.75, 3.05) is 30.3 Å². The second kappa shape index (κ2) is 11.0. The number of carbonyl (C=O) groups excluding carboxylic acids is 1. The molecule has 1 N–H and O–H groups in total. The average molecular weight is 433 g/mol. The van der Waals surface area contributed by atoms with Crippen molar-refractivity contribution in [2.45, 2.75) is 40.0 Å². The molecule has 0 spiro atoms. The average Bonchev–Trinajstić information content (AvgIpc) is 2.68. The van der Waals surface area contributed by atoms with Gasteiger partial charge in [0.1, 0.15) is 12.4 Å². The van der Waals surface area contributed by atoms with Crippen molar-refractivity contribution in [2.24, 2.45) is 0 Å². The quantitative estimate of drug-likeness (QED) is 0.551. The fourth-order valence-electron chi connectivity index (χ4n) is 3.34. The maximum Gasteiger partial charge on any atom is 0.232 e. The van der Waals surface area contributed by atoms with Crippen LogP contribution in [0.15, 0.2) is 42.5 Å². The Morgan fingerprint density at radius 1 is 1.13 bits per heavy atom. The molecular weight excluding hydrogens is 400 g/mol. The van der Waals surface area contributed by atoms with Gasteiger partial charge in [-0.05, 0) is 55.5 Å². The van der Waals surface area contributed by atoms with Gasteiger partial charge < -0.3 is 10.1 Å². The van der Waals surface area contributed by atoms with Gasteiger partial charge in [0.2, 0.25) is 15.9 Å². The standard InChI is InChI=1S/C23H32N2O4S/c1-5-20-11-7-10-19(3)23(20)25(30(4,27)28)15-8-13-22(26)24-14-16-29-21-12-6-9-18(2)17-21/h6-7,9-12,17H,5,8,13-16H2,1-4H3,(H,24,26). The van der Waals surface area contributed by atoms with Gasteiger partial charge in [-0.25, -0.2) is 8.42 Å². The lowest BCUT2D eigenvalue weighted by molar-refractivity contribution is -0.121. The molecule has 0 saturated heterocycles. The number of amides is 1. The van der Waals surface area contributed by atoms with E-state index in [1.54, 1.807) is 0 Å². The zero-order valence-corrected chi connectivity index (χ0v) is 19.1. The van der Waals surface area contributed by atoms with Crippen LogP contribution in [0.3, 0.4) is 0 Å². The number of ether oxygens (including phenoxy) is 1. The number of anilines is 1. The normalized spacial score (nSPS) is 11.2. The Hall–Kier alpha value is -2.54. The van der Waals surface area contributed by atoms with Gasteiger partial charge in [0.15, 0.2) is 0 Å². The summed E-state index contributed by atoms with van der Waals surface area (Å²) in [4.78, 5) is 12.1. The number of benzene rings is 2. The van der Waals surface area contributed by atoms with Crippen LogP contribution >= 0.6 is 0 Å². The number of carbonyl (C=O) groups is 1. The van der Waals surface area contributed by atoms with E-state index in [0.29, 0.717) is 19.6 Å². The Kier molecular flexibility index (Phi) is 8.72. The van der Waals surface area contributed by atoms with Crippen molar-refractivity contribution in [1.29, 1.82) is 0 Å². The number of hydrogen-bond acceptors (Lipinski definition) is 4. The maximum absolute atomic E-state index is 12.4. The first-order valence-corrected chi connectivity index (χ1v) is 12.1. The van der Waals surface area contributed by atoms with Crippen LogP contribution in [0.5, 0.6) is 5.75 Å². The number of hydrogen-bond donors (Lipinski definition) is 1. The van der Waals surface area contributed by atoms with Crippen LogP contribution in [0.4, 0.5) is 5.69 Å². The van der Waals surface area contributed by atoms with Crippen LogP contribution in [0.1, 0.15) is 36.5 Å². The van der Waals surface area contributed by atoms with Gasteiger partial charge in [0.05, 0.1) is 18.5 Å². The Bertz CT molecular complexity index is 957. The first-order valence-electron chi connectivity index (χ1n) is 10.2. The third kappa shape index (κ3) is 7.06. The summed E-state index contributed by atoms with van der Waals surface area (Å²) in [6.45, 7) is 6.96. The zero-order chi connectivity index (χ0) is 22.1. The molecule has 0 saturated carbocycles. The molecule has 7 heteroatoms. The van der Waals surface area contributed by atoms with E-state index in [-0.39, 0.29) is 18.9 Å². The smallest absolute Gasteiger partial charge is 0.232 e. The minimum absolute atomic E-state index is 0.114. The first-order chi connectivity index (χ1) is 14.2. The largest absolute Gasteiger partial charge is 0.492 e. The molecule has 0 radical (unpaired) electrons. The van der Waals surface area contributed by atoms with E-state index in [9.17, 15) is 13.2 Å². The topological polar surface area (TPSA) is 75.7 Å². The molecule has 0 heterocycles. The highest BCUT2D eigenvalue weighted by Crippen LogP contribution is 2.28. The summed E-state index contributed by atoms with van der Waals surface area (Å²) in [5, 5.41) is 2.82. The molecule has 0 aliphatic rings. The molecule has 0 fully saturated rings. The zero-order valence-electron chi connectivity index (χ0n) is 18.3. The van der Waals surface area contributed by atoms with Gasteiger partial charge in [-0.1, -0.05) is 37.3 Å². The molecule has 1 amide bonds. The maximum atomic E-state index is 12.4. The van der Waals surface area contributed by atoms with Crippen molar-refractivity contribution in [3.63, 3.8) is 0 Å². The van der Waals surface area contributed by atoms with E-state index in [2.05, 4.69) is 5.32 Å². The molecule has 0 bridgehead atoms. The second-order valence-corrected chi connectivity index (χ2v) is 9.30. The lowest BCUT2D eigenvalue weighted by atomic mass is 10.1. The lowest BCUT2D eigenvalue weighted by Gasteiger charge is -2.26. The molecule has 6 nitrogen and oxygen atoms in total. The van der Waals surface area contributed by atoms with Crippen LogP contribution in [-0.4, -0.2) is 40.3 Å². The molecule has 0 atom stereocenters. The number of rotatable bonds is 11. The van der Waals surface area contributed by atoms with E-state index < -0.39 is 10.0 Å². The highest BCUT2D eigenvalue weighted by atomic mass is 32.2. The SMILES string of the molecule is CCc1cccc(C)c1N(CCCC(=O)NCCOc1cccc(C)c1)S(C)(=O)=O. The van der Waals surface area contributed by atoms with Crippen LogP contribution < -0.4 is 14.4 Å². The highest BCUT2D eigenvalue weighted by Gasteiger charge is 2.21. The summed E-state index contributed by atoms with van der Waals surface area (Å²) in [5.74, 6) is 0.662. The van der Waals surface area contributed by atoms with Crippen molar-refractivity contribution < 1.29 is 17.9 Å². The Balaban J connectivity index is 1.85. The Labute approximate surface area is 180 Å². The monoisotopic (exact) mass is 432 g/mol. The van der Waals surface area contributed by atoms with Crippen LogP contribution in [-0.2, 0) is 21.2 Å². The van der Waals surface area contributed by atoms with E-state index in [1.165, 1.54) is 10.6 Å². The summed E-state index contributed by atoms with van der Waals surface area (Å²) < 4.78 is 31.9. The summed E-state index contributed by atoms with van der Waals surface area (Å²) in [5.41, 5.74) is 3.75. The van der Waals surface area contributed by atoms with Crippen molar-refractivity contribution in [1.82, 2.24) is 5.32 Å². The van der Waals surface area contributed by atoms with E-state index >= 15 is 0 Å². The number of aryl methyl sites for hydroxylation is 3. The van der Waals surface area contributed by atoms with Crippen LogP contribution in [0, 0.1) is 13.8 Å². The molecule has 30 heavy (non-hydrogen) atoms. The van der Waals surface area contributed by atoms with Crippen molar-refractivity contribution >= 4 is 21.6 Å². The second-order valence-electron chi connectivity index (χ2n) is 7.39. The molecule has 0 aliphatic carbocycles. The fourth-order valence-corrected chi connectivity index (χ4v) is 4.40.